The molecule has 4 aromatic rings. The minimum atomic E-state index is -4.05. The van der Waals surface area contributed by atoms with Crippen LogP contribution >= 0.6 is 0 Å². The summed E-state index contributed by atoms with van der Waals surface area (Å²) in [4.78, 5) is 19.2. The maximum absolute atomic E-state index is 12.5. The van der Waals surface area contributed by atoms with Gasteiger partial charge in [0.25, 0.3) is 10.0 Å². The van der Waals surface area contributed by atoms with Crippen molar-refractivity contribution in [3.63, 3.8) is 0 Å². The third-order valence-electron chi connectivity index (χ3n) is 5.41. The van der Waals surface area contributed by atoms with Crippen molar-refractivity contribution in [1.82, 2.24) is 20.0 Å². The summed E-state index contributed by atoms with van der Waals surface area (Å²) in [6.07, 6.45) is 5.41. The predicted octanol–water partition coefficient (Wildman–Crippen LogP) is 4.31. The van der Waals surface area contributed by atoms with Crippen molar-refractivity contribution in [3.8, 4) is 0 Å². The largest absolute Gasteiger partial charge is 0.354 e. The molecule has 0 spiro atoms. The number of carbonyl (C=O) groups excluding carboxylic acids is 1. The number of carbonyl (C=O) groups is 1. The number of primary sulfonamides is 1. The van der Waals surface area contributed by atoms with Crippen molar-refractivity contribution in [2.45, 2.75) is 43.5 Å². The summed E-state index contributed by atoms with van der Waals surface area (Å²) in [5, 5.41) is 13.7. The van der Waals surface area contributed by atoms with Crippen molar-refractivity contribution in [2.75, 3.05) is 10.6 Å². The molecule has 0 aliphatic rings. The predicted molar refractivity (Wildman–Crippen MR) is 163 cm³/mol. The van der Waals surface area contributed by atoms with E-state index in [0.717, 1.165) is 22.5 Å². The minimum absolute atomic E-state index is 0.0218. The Balaban J connectivity index is 0.000000240. The number of benzene rings is 2. The van der Waals surface area contributed by atoms with Crippen molar-refractivity contribution in [2.24, 2.45) is 5.14 Å². The van der Waals surface area contributed by atoms with Crippen LogP contribution in [0.1, 0.15) is 25.0 Å². The van der Waals surface area contributed by atoms with Gasteiger partial charge in [-0.2, -0.15) is 0 Å². The molecular formula is C28H33N7O5S2. The second kappa shape index (κ2) is 13.9. The second-order valence-corrected chi connectivity index (χ2v) is 12.7. The Morgan fingerprint density at radius 1 is 0.762 bits per heavy atom. The lowest BCUT2D eigenvalue weighted by molar-refractivity contribution is 0.243. The van der Waals surface area contributed by atoms with Crippen molar-refractivity contribution in [3.05, 3.63) is 96.6 Å². The van der Waals surface area contributed by atoms with Crippen molar-refractivity contribution in [1.29, 1.82) is 0 Å². The Hall–Kier alpha value is -4.53. The van der Waals surface area contributed by atoms with Crippen LogP contribution < -0.4 is 25.8 Å². The van der Waals surface area contributed by atoms with E-state index < -0.39 is 26.1 Å². The zero-order valence-electron chi connectivity index (χ0n) is 23.5. The quantitative estimate of drug-likeness (QED) is 0.194. The van der Waals surface area contributed by atoms with E-state index in [9.17, 15) is 21.6 Å². The van der Waals surface area contributed by atoms with Crippen LogP contribution in [0.5, 0.6) is 0 Å². The number of hydrogen-bond acceptors (Lipinski definition) is 9. The minimum Gasteiger partial charge on any atom is -0.354 e. The normalized spacial score (nSPS) is 11.2. The number of aryl methyl sites for hydroxylation is 2. The fraction of sp³-hybridized carbons (Fsp3) is 0.179. The molecule has 4 rings (SSSR count). The smallest absolute Gasteiger partial charge is 0.328 e. The third-order valence-corrected chi connectivity index (χ3v) is 7.70. The first-order valence-corrected chi connectivity index (χ1v) is 15.7. The Morgan fingerprint density at radius 3 is 1.69 bits per heavy atom. The van der Waals surface area contributed by atoms with Crippen LogP contribution in [0, 0.1) is 13.8 Å². The highest BCUT2D eigenvalue weighted by Crippen LogP contribution is 2.25. The fourth-order valence-corrected chi connectivity index (χ4v) is 5.29. The molecule has 2 aromatic heterocycles. The average Bonchev–Trinajstić information content (AvgIpc) is 2.88. The first-order chi connectivity index (χ1) is 19.7. The maximum Gasteiger partial charge on any atom is 0.328 e. The van der Waals surface area contributed by atoms with E-state index in [1.165, 1.54) is 30.9 Å². The molecule has 0 saturated carbocycles. The number of rotatable bonds is 8. The van der Waals surface area contributed by atoms with Crippen LogP contribution in [0.3, 0.4) is 0 Å². The van der Waals surface area contributed by atoms with E-state index >= 15 is 0 Å². The molecule has 2 aromatic carbocycles. The number of nitrogens with one attached hydrogen (secondary N) is 4. The molecule has 6 N–H and O–H groups in total. The highest BCUT2D eigenvalue weighted by Gasteiger charge is 2.22. The summed E-state index contributed by atoms with van der Waals surface area (Å²) in [6, 6.07) is 17.3. The van der Waals surface area contributed by atoms with Crippen molar-refractivity contribution < 1.29 is 21.6 Å². The van der Waals surface area contributed by atoms with Crippen molar-refractivity contribution >= 4 is 48.8 Å². The van der Waals surface area contributed by atoms with Gasteiger partial charge in [-0.25, -0.2) is 31.5 Å². The zero-order valence-corrected chi connectivity index (χ0v) is 25.1. The molecule has 0 aliphatic carbocycles. The number of aromatic nitrogens is 2. The molecule has 0 atom stereocenters. The van der Waals surface area contributed by atoms with Gasteiger partial charge >= 0.3 is 6.03 Å². The Morgan fingerprint density at radius 2 is 1.24 bits per heavy atom. The third kappa shape index (κ3) is 9.54. The first-order valence-electron chi connectivity index (χ1n) is 12.7. The Kier molecular flexibility index (Phi) is 10.6. The zero-order chi connectivity index (χ0) is 30.9. The van der Waals surface area contributed by atoms with Gasteiger partial charge in [-0.15, -0.1) is 0 Å². The number of nitrogens with two attached hydrogens (primary N) is 1. The molecule has 0 saturated heterocycles. The average molecular weight is 612 g/mol. The number of hydrogen-bond donors (Lipinski definition) is 5. The van der Waals surface area contributed by atoms with Gasteiger partial charge in [-0.3, -0.25) is 9.97 Å². The molecule has 14 heteroatoms. The van der Waals surface area contributed by atoms with Crippen LogP contribution in [0.25, 0.3) is 0 Å². The number of urea groups is 1. The van der Waals surface area contributed by atoms with Crippen LogP contribution in [-0.2, 0) is 20.0 Å². The summed E-state index contributed by atoms with van der Waals surface area (Å²) in [5.74, 6) is 0. The molecule has 2 amide bonds. The molecule has 0 aliphatic heterocycles. The summed E-state index contributed by atoms with van der Waals surface area (Å²) >= 11 is 0. The molecule has 0 bridgehead atoms. The first kappa shape index (κ1) is 32.0. The lowest BCUT2D eigenvalue weighted by Crippen LogP contribution is -2.42. The SMILES string of the molecule is Cc1cccc(Nc2ccncc2S(=O)(=O)NC(=O)NC(C)C)c1.Cc1cccc(Nc2ccncc2S(N)(=O)=O)c1. The van der Waals surface area contributed by atoms with E-state index in [4.69, 9.17) is 5.14 Å². The van der Waals surface area contributed by atoms with E-state index in [2.05, 4.69) is 25.9 Å². The number of nitrogens with zero attached hydrogens (tertiary/aromatic N) is 2. The second-order valence-electron chi connectivity index (χ2n) is 9.51. The van der Waals surface area contributed by atoms with E-state index in [-0.39, 0.29) is 15.8 Å². The summed E-state index contributed by atoms with van der Waals surface area (Å²) in [5.41, 5.74) is 4.40. The van der Waals surface area contributed by atoms with Gasteiger partial charge < -0.3 is 16.0 Å². The van der Waals surface area contributed by atoms with E-state index in [1.54, 1.807) is 19.9 Å². The molecule has 0 unspecified atom stereocenters. The fourth-order valence-electron chi connectivity index (χ4n) is 3.63. The summed E-state index contributed by atoms with van der Waals surface area (Å²) in [7, 11) is -7.84. The van der Waals surface area contributed by atoms with Crippen LogP contribution in [0.15, 0.2) is 95.2 Å². The van der Waals surface area contributed by atoms with Gasteiger partial charge in [-0.05, 0) is 75.2 Å². The van der Waals surface area contributed by atoms with Gasteiger partial charge in [0.2, 0.25) is 10.0 Å². The summed E-state index contributed by atoms with van der Waals surface area (Å²) in [6.45, 7) is 7.37. The van der Waals surface area contributed by atoms with E-state index in [0.29, 0.717) is 11.4 Å². The Labute approximate surface area is 245 Å². The standard InChI is InChI=1S/C16H20N4O3S.C12H13N3O2S/c1-11(2)18-16(21)20-24(22,23)15-10-17-8-7-14(15)19-13-6-4-5-12(3)9-13;1-9-3-2-4-10(7-9)15-11-5-6-14-8-12(11)18(13,16)17/h4-11H,1-3H3,(H,17,19)(H2,18,20,21);2-8H,1H3,(H,14,15)(H2,13,16,17). The van der Waals surface area contributed by atoms with Crippen LogP contribution in [0.2, 0.25) is 0 Å². The number of sulfonamides is 2. The Bertz CT molecular complexity index is 1760. The highest BCUT2D eigenvalue weighted by molar-refractivity contribution is 7.90. The van der Waals surface area contributed by atoms with Gasteiger partial charge in [0.1, 0.15) is 9.79 Å². The van der Waals surface area contributed by atoms with Gasteiger partial charge in [0, 0.05) is 42.2 Å². The molecular weight excluding hydrogens is 578 g/mol. The molecule has 2 heterocycles. The molecule has 12 nitrogen and oxygen atoms in total. The lowest BCUT2D eigenvalue weighted by atomic mass is 10.2. The topological polar surface area (TPSA) is 185 Å². The van der Waals surface area contributed by atoms with Crippen LogP contribution in [0.4, 0.5) is 27.5 Å². The number of anilines is 4. The molecule has 42 heavy (non-hydrogen) atoms. The highest BCUT2D eigenvalue weighted by atomic mass is 32.2. The molecule has 0 radical (unpaired) electrons. The van der Waals surface area contributed by atoms with E-state index in [1.807, 2.05) is 67.1 Å². The number of pyridine rings is 2. The van der Waals surface area contributed by atoms with Gasteiger partial charge in [0.15, 0.2) is 0 Å². The molecule has 0 fully saturated rings. The maximum atomic E-state index is 12.5. The lowest BCUT2D eigenvalue weighted by Gasteiger charge is -2.14. The molecule has 222 valence electrons. The van der Waals surface area contributed by atoms with Gasteiger partial charge in [0.05, 0.1) is 11.4 Å². The summed E-state index contributed by atoms with van der Waals surface area (Å²) < 4.78 is 49.7. The number of amides is 2. The van der Waals surface area contributed by atoms with Gasteiger partial charge in [-0.1, -0.05) is 24.3 Å². The van der Waals surface area contributed by atoms with Crippen LogP contribution in [-0.4, -0.2) is 38.9 Å². The monoisotopic (exact) mass is 611 g/mol.